The molecule has 2 amide bonds. The summed E-state index contributed by atoms with van der Waals surface area (Å²) in [4.78, 5) is 26.6. The molecule has 2 aromatic carbocycles. The third kappa shape index (κ3) is 3.65. The van der Waals surface area contributed by atoms with Gasteiger partial charge in [-0.25, -0.2) is 0 Å². The number of hydrogen-bond acceptors (Lipinski definition) is 3. The summed E-state index contributed by atoms with van der Waals surface area (Å²) in [6.07, 6.45) is 1.07. The molecule has 1 N–H and O–H groups in total. The molecule has 1 heterocycles. The van der Waals surface area contributed by atoms with E-state index in [9.17, 15) is 9.59 Å². The molecule has 0 aromatic heterocycles. The van der Waals surface area contributed by atoms with Crippen molar-refractivity contribution in [3.63, 3.8) is 0 Å². The number of carbonyl (C=O) groups excluding carboxylic acids is 2. The van der Waals surface area contributed by atoms with Crippen LogP contribution in [0.5, 0.6) is 5.75 Å². The van der Waals surface area contributed by atoms with E-state index >= 15 is 0 Å². The largest absolute Gasteiger partial charge is 0.497 e. The Labute approximate surface area is 147 Å². The number of para-hydroxylation sites is 1. The van der Waals surface area contributed by atoms with E-state index < -0.39 is 0 Å². The van der Waals surface area contributed by atoms with Crippen molar-refractivity contribution in [2.24, 2.45) is 5.92 Å². The molecule has 2 aromatic rings. The highest BCUT2D eigenvalue weighted by atomic mass is 16.5. The number of anilines is 2. The zero-order valence-corrected chi connectivity index (χ0v) is 14.5. The summed E-state index contributed by atoms with van der Waals surface area (Å²) in [6, 6.07) is 15.1. The van der Waals surface area contributed by atoms with Crippen molar-refractivity contribution in [2.45, 2.75) is 19.8 Å². The second kappa shape index (κ2) is 7.38. The van der Waals surface area contributed by atoms with Gasteiger partial charge in [-0.05, 0) is 42.3 Å². The average molecular weight is 338 g/mol. The van der Waals surface area contributed by atoms with E-state index in [1.54, 1.807) is 12.0 Å². The number of methoxy groups -OCH3 is 1. The number of benzene rings is 2. The first-order chi connectivity index (χ1) is 12.1. The molecule has 0 unspecified atom stereocenters. The van der Waals surface area contributed by atoms with Crippen LogP contribution in [-0.4, -0.2) is 25.5 Å². The SMILES string of the molecule is CCc1ccccc1NC(=O)[C@@H]1CC(=O)N(c2ccc(OC)cc2)C1. The monoisotopic (exact) mass is 338 g/mol. The van der Waals surface area contributed by atoms with Gasteiger partial charge in [-0.3, -0.25) is 9.59 Å². The molecule has 130 valence electrons. The van der Waals surface area contributed by atoms with Gasteiger partial charge in [0.1, 0.15) is 5.75 Å². The molecule has 1 fully saturated rings. The number of amides is 2. The predicted molar refractivity (Wildman–Crippen MR) is 97.9 cm³/mol. The Kier molecular flexibility index (Phi) is 5.03. The van der Waals surface area contributed by atoms with Crippen molar-refractivity contribution < 1.29 is 14.3 Å². The van der Waals surface area contributed by atoms with Gasteiger partial charge >= 0.3 is 0 Å². The Bertz CT molecular complexity index is 771. The predicted octanol–water partition coefficient (Wildman–Crippen LogP) is 3.25. The van der Waals surface area contributed by atoms with Crippen LogP contribution in [0.15, 0.2) is 48.5 Å². The van der Waals surface area contributed by atoms with Gasteiger partial charge in [-0.2, -0.15) is 0 Å². The Balaban J connectivity index is 1.70. The van der Waals surface area contributed by atoms with Crippen LogP contribution in [0.1, 0.15) is 18.9 Å². The highest BCUT2D eigenvalue weighted by molar-refractivity contribution is 6.03. The zero-order chi connectivity index (χ0) is 17.8. The summed E-state index contributed by atoms with van der Waals surface area (Å²) < 4.78 is 5.14. The van der Waals surface area contributed by atoms with Crippen LogP contribution in [0.3, 0.4) is 0 Å². The van der Waals surface area contributed by atoms with Crippen LogP contribution >= 0.6 is 0 Å². The second-order valence-electron chi connectivity index (χ2n) is 6.10. The average Bonchev–Trinajstić information content (AvgIpc) is 3.04. The molecule has 1 aliphatic rings. The minimum Gasteiger partial charge on any atom is -0.497 e. The molecule has 3 rings (SSSR count). The summed E-state index contributed by atoms with van der Waals surface area (Å²) in [5.74, 6) is 0.250. The number of nitrogens with zero attached hydrogens (tertiary/aromatic N) is 1. The molecule has 1 aliphatic heterocycles. The molecule has 1 saturated heterocycles. The molecule has 0 bridgehead atoms. The quantitative estimate of drug-likeness (QED) is 0.910. The zero-order valence-electron chi connectivity index (χ0n) is 14.5. The summed E-state index contributed by atoms with van der Waals surface area (Å²) in [5.41, 5.74) is 2.70. The minimum atomic E-state index is -0.348. The highest BCUT2D eigenvalue weighted by Crippen LogP contribution is 2.28. The van der Waals surface area contributed by atoms with Gasteiger partial charge in [-0.15, -0.1) is 0 Å². The second-order valence-corrected chi connectivity index (χ2v) is 6.10. The summed E-state index contributed by atoms with van der Waals surface area (Å²) in [6.45, 7) is 2.45. The van der Waals surface area contributed by atoms with E-state index in [0.29, 0.717) is 6.54 Å². The lowest BCUT2D eigenvalue weighted by Crippen LogP contribution is -2.28. The highest BCUT2D eigenvalue weighted by Gasteiger charge is 2.35. The fraction of sp³-hybridized carbons (Fsp3) is 0.300. The molecule has 25 heavy (non-hydrogen) atoms. The topological polar surface area (TPSA) is 58.6 Å². The molecular weight excluding hydrogens is 316 g/mol. The molecule has 5 heteroatoms. The van der Waals surface area contributed by atoms with Gasteiger partial charge in [0.15, 0.2) is 0 Å². The lowest BCUT2D eigenvalue weighted by molar-refractivity contribution is -0.122. The maximum Gasteiger partial charge on any atom is 0.229 e. The Morgan fingerprint density at radius 2 is 1.92 bits per heavy atom. The first-order valence-electron chi connectivity index (χ1n) is 8.45. The number of rotatable bonds is 5. The molecule has 1 atom stereocenters. The van der Waals surface area contributed by atoms with Crippen LogP contribution in [0.2, 0.25) is 0 Å². The van der Waals surface area contributed by atoms with Crippen LogP contribution in [0.25, 0.3) is 0 Å². The summed E-state index contributed by atoms with van der Waals surface area (Å²) in [7, 11) is 1.60. The minimum absolute atomic E-state index is 0.0332. The normalized spacial score (nSPS) is 16.8. The molecule has 0 aliphatic carbocycles. The van der Waals surface area contributed by atoms with Crippen molar-refractivity contribution in [1.82, 2.24) is 0 Å². The van der Waals surface area contributed by atoms with Crippen molar-refractivity contribution in [1.29, 1.82) is 0 Å². The van der Waals surface area contributed by atoms with Gasteiger partial charge in [0.2, 0.25) is 11.8 Å². The fourth-order valence-electron chi connectivity index (χ4n) is 3.08. The van der Waals surface area contributed by atoms with Gasteiger partial charge < -0.3 is 15.0 Å². The van der Waals surface area contributed by atoms with Crippen LogP contribution in [-0.2, 0) is 16.0 Å². The Hall–Kier alpha value is -2.82. The molecule has 5 nitrogen and oxygen atoms in total. The van der Waals surface area contributed by atoms with E-state index in [0.717, 1.165) is 29.1 Å². The van der Waals surface area contributed by atoms with Crippen LogP contribution in [0.4, 0.5) is 11.4 Å². The number of nitrogens with one attached hydrogen (secondary N) is 1. The lowest BCUT2D eigenvalue weighted by Gasteiger charge is -2.17. The number of aryl methyl sites for hydroxylation is 1. The number of hydrogen-bond donors (Lipinski definition) is 1. The van der Waals surface area contributed by atoms with Gasteiger partial charge in [0.25, 0.3) is 0 Å². The van der Waals surface area contributed by atoms with Crippen molar-refractivity contribution in [3.05, 3.63) is 54.1 Å². The van der Waals surface area contributed by atoms with Gasteiger partial charge in [0.05, 0.1) is 13.0 Å². The third-order valence-corrected chi connectivity index (χ3v) is 4.54. The Morgan fingerprint density at radius 3 is 2.60 bits per heavy atom. The van der Waals surface area contributed by atoms with Crippen molar-refractivity contribution >= 4 is 23.2 Å². The third-order valence-electron chi connectivity index (χ3n) is 4.54. The van der Waals surface area contributed by atoms with Crippen LogP contribution < -0.4 is 15.0 Å². The smallest absolute Gasteiger partial charge is 0.229 e. The van der Waals surface area contributed by atoms with Crippen molar-refractivity contribution in [3.8, 4) is 5.75 Å². The number of ether oxygens (including phenoxy) is 1. The number of carbonyl (C=O) groups is 2. The maximum atomic E-state index is 12.6. The van der Waals surface area contributed by atoms with E-state index in [-0.39, 0.29) is 24.2 Å². The van der Waals surface area contributed by atoms with Gasteiger partial charge in [0, 0.05) is 24.3 Å². The van der Waals surface area contributed by atoms with E-state index in [2.05, 4.69) is 12.2 Å². The summed E-state index contributed by atoms with van der Waals surface area (Å²) in [5, 5.41) is 2.98. The van der Waals surface area contributed by atoms with E-state index in [4.69, 9.17) is 4.74 Å². The maximum absolute atomic E-state index is 12.6. The fourth-order valence-corrected chi connectivity index (χ4v) is 3.08. The van der Waals surface area contributed by atoms with E-state index in [1.807, 2.05) is 48.5 Å². The summed E-state index contributed by atoms with van der Waals surface area (Å²) >= 11 is 0. The van der Waals surface area contributed by atoms with Gasteiger partial charge in [-0.1, -0.05) is 25.1 Å². The van der Waals surface area contributed by atoms with Crippen LogP contribution in [0, 0.1) is 5.92 Å². The first-order valence-corrected chi connectivity index (χ1v) is 8.45. The molecule has 0 radical (unpaired) electrons. The lowest BCUT2D eigenvalue weighted by atomic mass is 10.1. The van der Waals surface area contributed by atoms with Crippen molar-refractivity contribution in [2.75, 3.05) is 23.9 Å². The molecule has 0 saturated carbocycles. The standard InChI is InChI=1S/C20H22N2O3/c1-3-14-6-4-5-7-18(14)21-20(24)15-12-19(23)22(13-15)16-8-10-17(25-2)11-9-16/h4-11,15H,3,12-13H2,1-2H3,(H,21,24)/t15-/m1/s1. The van der Waals surface area contributed by atoms with E-state index in [1.165, 1.54) is 0 Å². The molecular formula is C20H22N2O3. The Morgan fingerprint density at radius 1 is 1.20 bits per heavy atom. The molecule has 0 spiro atoms. The first kappa shape index (κ1) is 17.0.